The van der Waals surface area contributed by atoms with Crippen LogP contribution < -0.4 is 0 Å². The van der Waals surface area contributed by atoms with E-state index in [1.807, 2.05) is 0 Å². The lowest BCUT2D eigenvalue weighted by molar-refractivity contribution is 0.499. The third kappa shape index (κ3) is 2.45. The molecular formula is C6H7BF3N2-. The Morgan fingerprint density at radius 1 is 1.50 bits per heavy atom. The highest BCUT2D eigenvalue weighted by atomic mass is 19.4. The van der Waals surface area contributed by atoms with Crippen molar-refractivity contribution in [3.8, 4) is 0 Å². The Hall–Kier alpha value is -1.20. The first-order valence-corrected chi connectivity index (χ1v) is 3.36. The van der Waals surface area contributed by atoms with Crippen molar-refractivity contribution < 1.29 is 12.9 Å². The van der Waals surface area contributed by atoms with Gasteiger partial charge in [-0.15, -0.1) is 5.98 Å². The van der Waals surface area contributed by atoms with E-state index >= 15 is 0 Å². The van der Waals surface area contributed by atoms with Gasteiger partial charge in [-0.25, -0.2) is 0 Å². The standard InChI is InChI=1S/C6H7BF3N2/c1-12-6(3-5-11-12)2-4-7(8,9)10/h2-5H,1H3/q-1/b4-2+. The molecule has 12 heavy (non-hydrogen) atoms. The average molecular weight is 175 g/mol. The number of rotatable bonds is 2. The molecule has 1 aromatic rings. The highest BCUT2D eigenvalue weighted by Gasteiger charge is 2.17. The third-order valence-corrected chi connectivity index (χ3v) is 1.34. The number of aryl methyl sites for hydroxylation is 1. The van der Waals surface area contributed by atoms with Crippen LogP contribution in [0.4, 0.5) is 12.9 Å². The van der Waals surface area contributed by atoms with Crippen LogP contribution in [-0.2, 0) is 7.05 Å². The molecule has 0 aliphatic rings. The van der Waals surface area contributed by atoms with E-state index in [4.69, 9.17) is 0 Å². The van der Waals surface area contributed by atoms with Crippen molar-refractivity contribution in [2.75, 3.05) is 0 Å². The molecule has 0 bridgehead atoms. The van der Waals surface area contributed by atoms with Crippen molar-refractivity contribution in [3.63, 3.8) is 0 Å². The van der Waals surface area contributed by atoms with Gasteiger partial charge in [-0.3, -0.25) is 4.68 Å². The molecule has 0 N–H and O–H groups in total. The van der Waals surface area contributed by atoms with Gasteiger partial charge in [-0.1, -0.05) is 6.08 Å². The summed E-state index contributed by atoms with van der Waals surface area (Å²) in [5.41, 5.74) is 0.439. The number of aromatic nitrogens is 2. The SMILES string of the molecule is Cn1nccc1/C=C/[B-](F)(F)F. The van der Waals surface area contributed by atoms with Crippen LogP contribution in [-0.4, -0.2) is 16.8 Å². The first kappa shape index (κ1) is 8.90. The molecule has 0 saturated heterocycles. The van der Waals surface area contributed by atoms with Crippen LogP contribution in [0.2, 0.25) is 0 Å². The summed E-state index contributed by atoms with van der Waals surface area (Å²) in [4.78, 5) is 0. The second kappa shape index (κ2) is 3.04. The van der Waals surface area contributed by atoms with E-state index in [9.17, 15) is 12.9 Å². The molecule has 1 aromatic heterocycles. The topological polar surface area (TPSA) is 17.8 Å². The minimum absolute atomic E-state index is 0.247. The molecule has 1 rings (SSSR count). The Kier molecular flexibility index (Phi) is 2.26. The van der Waals surface area contributed by atoms with Gasteiger partial charge >= 0.3 is 6.98 Å². The van der Waals surface area contributed by atoms with E-state index < -0.39 is 6.98 Å². The largest absolute Gasteiger partial charge is 0.502 e. The molecule has 0 unspecified atom stereocenters. The minimum atomic E-state index is -4.84. The molecule has 0 fully saturated rings. The maximum Gasteiger partial charge on any atom is 0.502 e. The number of hydrogen-bond donors (Lipinski definition) is 0. The van der Waals surface area contributed by atoms with Gasteiger partial charge in [0, 0.05) is 13.2 Å². The summed E-state index contributed by atoms with van der Waals surface area (Å²) in [6.45, 7) is -4.84. The molecule has 0 radical (unpaired) electrons. The van der Waals surface area contributed by atoms with E-state index in [1.165, 1.54) is 16.9 Å². The average Bonchev–Trinajstić information content (AvgIpc) is 2.29. The van der Waals surface area contributed by atoms with Gasteiger partial charge in [0.15, 0.2) is 0 Å². The molecule has 0 aliphatic carbocycles. The molecule has 0 amide bonds. The Labute approximate surface area is 67.7 Å². The summed E-state index contributed by atoms with van der Waals surface area (Å²) < 4.78 is 36.5. The second-order valence-corrected chi connectivity index (χ2v) is 2.36. The maximum atomic E-state index is 11.7. The molecule has 1 heterocycles. The molecule has 0 atom stereocenters. The zero-order valence-corrected chi connectivity index (χ0v) is 6.42. The molecule has 2 nitrogen and oxygen atoms in total. The van der Waals surface area contributed by atoms with Crippen molar-refractivity contribution in [3.05, 3.63) is 23.9 Å². The molecule has 66 valence electrons. The van der Waals surface area contributed by atoms with Crippen LogP contribution >= 0.6 is 0 Å². The van der Waals surface area contributed by atoms with Crippen molar-refractivity contribution in [2.45, 2.75) is 0 Å². The number of halogens is 3. The van der Waals surface area contributed by atoms with E-state index in [0.29, 0.717) is 5.69 Å². The Morgan fingerprint density at radius 3 is 2.58 bits per heavy atom. The van der Waals surface area contributed by atoms with E-state index in [0.717, 1.165) is 6.08 Å². The predicted octanol–water partition coefficient (Wildman–Crippen LogP) is 1.82. The number of hydrogen-bond acceptors (Lipinski definition) is 1. The molecule has 6 heteroatoms. The predicted molar refractivity (Wildman–Crippen MR) is 41.3 cm³/mol. The first-order chi connectivity index (χ1) is 5.49. The van der Waals surface area contributed by atoms with Crippen LogP contribution in [0.5, 0.6) is 0 Å². The second-order valence-electron chi connectivity index (χ2n) is 2.36. The lowest BCUT2D eigenvalue weighted by Crippen LogP contribution is -2.09. The first-order valence-electron chi connectivity index (χ1n) is 3.36. The minimum Gasteiger partial charge on any atom is -0.445 e. The molecular weight excluding hydrogens is 168 g/mol. The van der Waals surface area contributed by atoms with Gasteiger partial charge in [0.1, 0.15) is 0 Å². The fourth-order valence-corrected chi connectivity index (χ4v) is 0.755. The molecule has 0 aromatic carbocycles. The summed E-state index contributed by atoms with van der Waals surface area (Å²) in [6, 6.07) is 1.51. The highest BCUT2D eigenvalue weighted by molar-refractivity contribution is 6.64. The third-order valence-electron chi connectivity index (χ3n) is 1.34. The van der Waals surface area contributed by atoms with Crippen molar-refractivity contribution in [1.29, 1.82) is 0 Å². The summed E-state index contributed by atoms with van der Waals surface area (Å²) in [7, 11) is 1.59. The molecule has 0 saturated carbocycles. The fraction of sp³-hybridized carbons (Fsp3) is 0.167. The van der Waals surface area contributed by atoms with Crippen LogP contribution in [0.15, 0.2) is 18.2 Å². The highest BCUT2D eigenvalue weighted by Crippen LogP contribution is 2.11. The Bertz CT molecular complexity index is 289. The van der Waals surface area contributed by atoms with Crippen molar-refractivity contribution in [1.82, 2.24) is 9.78 Å². The van der Waals surface area contributed by atoms with Gasteiger partial charge < -0.3 is 12.9 Å². The zero-order chi connectivity index (χ0) is 9.19. The summed E-state index contributed by atoms with van der Waals surface area (Å²) in [5.74, 6) is 0.247. The van der Waals surface area contributed by atoms with E-state index in [2.05, 4.69) is 5.10 Å². The molecule has 0 spiro atoms. The fourth-order valence-electron chi connectivity index (χ4n) is 0.755. The van der Waals surface area contributed by atoms with Crippen molar-refractivity contribution >= 4 is 13.1 Å². The zero-order valence-electron chi connectivity index (χ0n) is 6.42. The van der Waals surface area contributed by atoms with Gasteiger partial charge in [-0.2, -0.15) is 5.10 Å². The van der Waals surface area contributed by atoms with Gasteiger partial charge in [-0.05, 0) is 6.07 Å². The quantitative estimate of drug-likeness (QED) is 0.626. The lowest BCUT2D eigenvalue weighted by Gasteiger charge is -2.05. The van der Waals surface area contributed by atoms with E-state index in [-0.39, 0.29) is 5.98 Å². The maximum absolute atomic E-state index is 11.7. The van der Waals surface area contributed by atoms with Crippen LogP contribution in [0.3, 0.4) is 0 Å². The van der Waals surface area contributed by atoms with Gasteiger partial charge in [0.25, 0.3) is 0 Å². The monoisotopic (exact) mass is 175 g/mol. The summed E-state index contributed by atoms with van der Waals surface area (Å²) in [6.07, 6.45) is 2.45. The van der Waals surface area contributed by atoms with Gasteiger partial charge in [0.2, 0.25) is 0 Å². The van der Waals surface area contributed by atoms with Crippen LogP contribution in [0, 0.1) is 0 Å². The summed E-state index contributed by atoms with van der Waals surface area (Å²) >= 11 is 0. The Balaban J connectivity index is 2.77. The molecule has 0 aliphatic heterocycles. The smallest absolute Gasteiger partial charge is 0.445 e. The number of nitrogens with zero attached hydrogens (tertiary/aromatic N) is 2. The van der Waals surface area contributed by atoms with Crippen LogP contribution in [0.25, 0.3) is 6.08 Å². The normalized spacial score (nSPS) is 12.7. The Morgan fingerprint density at radius 2 is 2.17 bits per heavy atom. The van der Waals surface area contributed by atoms with Gasteiger partial charge in [0.05, 0.1) is 5.69 Å². The summed E-state index contributed by atoms with van der Waals surface area (Å²) in [5, 5.41) is 3.72. The van der Waals surface area contributed by atoms with Crippen molar-refractivity contribution in [2.24, 2.45) is 7.05 Å². The van der Waals surface area contributed by atoms with Crippen LogP contribution in [0.1, 0.15) is 5.69 Å². The lowest BCUT2D eigenvalue weighted by atomic mass is 9.91. The van der Waals surface area contributed by atoms with E-state index in [1.54, 1.807) is 7.05 Å².